The lowest BCUT2D eigenvalue weighted by atomic mass is 10.1. The summed E-state index contributed by atoms with van der Waals surface area (Å²) in [4.78, 5) is 25.5. The molecular formula is C15H22ClN3O2. The van der Waals surface area contributed by atoms with E-state index in [-0.39, 0.29) is 30.1 Å². The van der Waals surface area contributed by atoms with Crippen LogP contribution in [0.4, 0.5) is 5.69 Å². The van der Waals surface area contributed by atoms with Gasteiger partial charge >= 0.3 is 0 Å². The van der Waals surface area contributed by atoms with Crippen molar-refractivity contribution in [2.45, 2.75) is 13.3 Å². The molecule has 0 radical (unpaired) electrons. The molecule has 1 aliphatic rings. The van der Waals surface area contributed by atoms with Crippen LogP contribution in [0, 0.1) is 5.92 Å². The molecule has 1 aliphatic heterocycles. The Kier molecular flexibility index (Phi) is 6.03. The van der Waals surface area contributed by atoms with Crippen molar-refractivity contribution in [1.82, 2.24) is 10.2 Å². The van der Waals surface area contributed by atoms with E-state index < -0.39 is 0 Å². The maximum Gasteiger partial charge on any atom is 0.253 e. The molecule has 2 rings (SSSR count). The highest BCUT2D eigenvalue weighted by Gasteiger charge is 2.20. The molecule has 1 heterocycles. The minimum absolute atomic E-state index is 0. The third kappa shape index (κ3) is 3.88. The second-order valence-electron chi connectivity index (χ2n) is 5.25. The second kappa shape index (κ2) is 7.31. The van der Waals surface area contributed by atoms with Crippen molar-refractivity contribution in [2.24, 2.45) is 5.92 Å². The number of nitrogens with one attached hydrogen (secondary N) is 2. The van der Waals surface area contributed by atoms with Crippen LogP contribution in [0.2, 0.25) is 0 Å². The van der Waals surface area contributed by atoms with E-state index in [1.54, 1.807) is 19.0 Å². The number of benzene rings is 1. The number of carbonyl (C=O) groups is 2. The second-order valence-corrected chi connectivity index (χ2v) is 5.25. The third-order valence-corrected chi connectivity index (χ3v) is 3.65. The molecule has 1 aromatic carbocycles. The number of hydrogen-bond acceptors (Lipinski definition) is 3. The fourth-order valence-corrected chi connectivity index (χ4v) is 2.48. The highest BCUT2D eigenvalue weighted by molar-refractivity contribution is 5.95. The van der Waals surface area contributed by atoms with Crippen molar-refractivity contribution in [3.63, 3.8) is 0 Å². The topological polar surface area (TPSA) is 61.4 Å². The zero-order chi connectivity index (χ0) is 14.7. The Hall–Kier alpha value is -1.75. The summed E-state index contributed by atoms with van der Waals surface area (Å²) in [5, 5.41) is 5.87. The first-order valence-electron chi connectivity index (χ1n) is 6.86. The molecule has 5 nitrogen and oxygen atoms in total. The van der Waals surface area contributed by atoms with Crippen molar-refractivity contribution in [3.8, 4) is 0 Å². The number of amides is 2. The predicted octanol–water partition coefficient (Wildman–Crippen LogP) is 1.53. The zero-order valence-corrected chi connectivity index (χ0v) is 13.4. The number of hydrogen-bond donors (Lipinski definition) is 2. The Morgan fingerprint density at radius 1 is 1.43 bits per heavy atom. The van der Waals surface area contributed by atoms with E-state index in [1.807, 2.05) is 25.1 Å². The molecule has 0 aromatic heterocycles. The highest BCUT2D eigenvalue weighted by Crippen LogP contribution is 2.23. The summed E-state index contributed by atoms with van der Waals surface area (Å²) in [7, 11) is 3.33. The fourth-order valence-electron chi connectivity index (χ4n) is 2.48. The Balaban J connectivity index is 0.00000220. The summed E-state index contributed by atoms with van der Waals surface area (Å²) in [5.74, 6) is -0.316. The first kappa shape index (κ1) is 17.3. The molecule has 1 atom stereocenters. The standard InChI is InChI=1S/C15H21N3O2.ClH/c1-10(14(19)16-2)9-18(3)15(20)12-4-5-13-11(8-12)6-7-17-13;/h4-5,8,10,17H,6-7,9H2,1-3H3,(H,16,19);1H. The van der Waals surface area contributed by atoms with Crippen LogP contribution < -0.4 is 10.6 Å². The van der Waals surface area contributed by atoms with Gasteiger partial charge in [-0.25, -0.2) is 0 Å². The van der Waals surface area contributed by atoms with E-state index in [9.17, 15) is 9.59 Å². The zero-order valence-electron chi connectivity index (χ0n) is 12.6. The van der Waals surface area contributed by atoms with Gasteiger partial charge in [0.15, 0.2) is 0 Å². The van der Waals surface area contributed by atoms with E-state index in [0.717, 1.165) is 18.7 Å². The summed E-state index contributed by atoms with van der Waals surface area (Å²) < 4.78 is 0. The van der Waals surface area contributed by atoms with Crippen LogP contribution in [0.15, 0.2) is 18.2 Å². The molecule has 0 fully saturated rings. The van der Waals surface area contributed by atoms with Gasteiger partial charge in [-0.2, -0.15) is 0 Å². The van der Waals surface area contributed by atoms with Crippen LogP contribution in [0.25, 0.3) is 0 Å². The van der Waals surface area contributed by atoms with Gasteiger partial charge in [0.1, 0.15) is 0 Å². The van der Waals surface area contributed by atoms with Crippen molar-refractivity contribution < 1.29 is 9.59 Å². The van der Waals surface area contributed by atoms with Gasteiger partial charge in [-0.15, -0.1) is 12.4 Å². The van der Waals surface area contributed by atoms with E-state index in [4.69, 9.17) is 0 Å². The van der Waals surface area contributed by atoms with Crippen LogP contribution in [-0.2, 0) is 11.2 Å². The highest BCUT2D eigenvalue weighted by atomic mass is 35.5. The van der Waals surface area contributed by atoms with E-state index in [0.29, 0.717) is 12.1 Å². The number of rotatable bonds is 4. The molecule has 0 spiro atoms. The van der Waals surface area contributed by atoms with E-state index in [2.05, 4.69) is 10.6 Å². The molecule has 6 heteroatoms. The molecule has 2 N–H and O–H groups in total. The monoisotopic (exact) mass is 311 g/mol. The van der Waals surface area contributed by atoms with Gasteiger partial charge in [0, 0.05) is 38.4 Å². The molecule has 0 aliphatic carbocycles. The molecule has 116 valence electrons. The average Bonchev–Trinajstić information content (AvgIpc) is 2.92. The van der Waals surface area contributed by atoms with Crippen molar-refractivity contribution in [3.05, 3.63) is 29.3 Å². The molecule has 2 amide bonds. The Morgan fingerprint density at radius 3 is 2.81 bits per heavy atom. The number of carbonyl (C=O) groups excluding carboxylic acids is 2. The maximum atomic E-state index is 12.4. The van der Waals surface area contributed by atoms with Crippen molar-refractivity contribution in [2.75, 3.05) is 32.5 Å². The quantitative estimate of drug-likeness (QED) is 0.886. The minimum atomic E-state index is -0.218. The van der Waals surface area contributed by atoms with Crippen LogP contribution >= 0.6 is 12.4 Å². The third-order valence-electron chi connectivity index (χ3n) is 3.65. The lowest BCUT2D eigenvalue weighted by Gasteiger charge is -2.21. The predicted molar refractivity (Wildman–Crippen MR) is 86.1 cm³/mol. The number of anilines is 1. The lowest BCUT2D eigenvalue weighted by Crippen LogP contribution is -2.37. The van der Waals surface area contributed by atoms with Gasteiger partial charge in [0.25, 0.3) is 5.91 Å². The molecule has 0 saturated carbocycles. The summed E-state index contributed by atoms with van der Waals surface area (Å²) in [6, 6.07) is 5.73. The summed E-state index contributed by atoms with van der Waals surface area (Å²) in [5.41, 5.74) is 2.98. The first-order valence-corrected chi connectivity index (χ1v) is 6.86. The SMILES string of the molecule is CNC(=O)C(C)CN(C)C(=O)c1ccc2c(c1)CCN2.Cl. The fraction of sp³-hybridized carbons (Fsp3) is 0.467. The molecule has 0 saturated heterocycles. The molecule has 1 aromatic rings. The maximum absolute atomic E-state index is 12.4. The average molecular weight is 312 g/mol. The largest absolute Gasteiger partial charge is 0.384 e. The van der Waals surface area contributed by atoms with E-state index >= 15 is 0 Å². The van der Waals surface area contributed by atoms with Gasteiger partial charge < -0.3 is 15.5 Å². The van der Waals surface area contributed by atoms with Crippen LogP contribution in [0.3, 0.4) is 0 Å². The molecule has 1 unspecified atom stereocenters. The summed E-state index contributed by atoms with van der Waals surface area (Å²) >= 11 is 0. The molecule has 0 bridgehead atoms. The number of fused-ring (bicyclic) bond motifs is 1. The van der Waals surface area contributed by atoms with Crippen LogP contribution in [0.5, 0.6) is 0 Å². The van der Waals surface area contributed by atoms with Crippen molar-refractivity contribution in [1.29, 1.82) is 0 Å². The van der Waals surface area contributed by atoms with Crippen molar-refractivity contribution >= 4 is 29.9 Å². The normalized spacial score (nSPS) is 13.5. The number of nitrogens with zero attached hydrogens (tertiary/aromatic N) is 1. The first-order chi connectivity index (χ1) is 9.52. The molecular weight excluding hydrogens is 290 g/mol. The Bertz CT molecular complexity index is 534. The van der Waals surface area contributed by atoms with Gasteiger partial charge in [0.2, 0.25) is 5.91 Å². The van der Waals surface area contributed by atoms with Gasteiger partial charge in [-0.05, 0) is 30.2 Å². The van der Waals surface area contributed by atoms with Crippen LogP contribution in [0.1, 0.15) is 22.8 Å². The van der Waals surface area contributed by atoms with Gasteiger partial charge in [-0.1, -0.05) is 6.92 Å². The lowest BCUT2D eigenvalue weighted by molar-refractivity contribution is -0.124. The smallest absolute Gasteiger partial charge is 0.253 e. The van der Waals surface area contributed by atoms with Gasteiger partial charge in [0.05, 0.1) is 5.92 Å². The number of halogens is 1. The minimum Gasteiger partial charge on any atom is -0.384 e. The van der Waals surface area contributed by atoms with E-state index in [1.165, 1.54) is 5.56 Å². The Labute approximate surface area is 131 Å². The summed E-state index contributed by atoms with van der Waals surface area (Å²) in [6.45, 7) is 3.15. The Morgan fingerprint density at radius 2 is 2.14 bits per heavy atom. The van der Waals surface area contributed by atoms with Crippen LogP contribution in [-0.4, -0.2) is 43.9 Å². The summed E-state index contributed by atoms with van der Waals surface area (Å²) in [6.07, 6.45) is 0.953. The molecule has 21 heavy (non-hydrogen) atoms. The van der Waals surface area contributed by atoms with Gasteiger partial charge in [-0.3, -0.25) is 9.59 Å².